The minimum absolute atomic E-state index is 0.103. The molecule has 1 aromatic rings. The van der Waals surface area contributed by atoms with Crippen LogP contribution in [0.1, 0.15) is 56.6 Å². The van der Waals surface area contributed by atoms with Gasteiger partial charge >= 0.3 is 6.09 Å². The lowest BCUT2D eigenvalue weighted by atomic mass is 9.99. The highest BCUT2D eigenvalue weighted by molar-refractivity contribution is 6.12. The van der Waals surface area contributed by atoms with Crippen LogP contribution in [0.3, 0.4) is 0 Å². The van der Waals surface area contributed by atoms with Crippen molar-refractivity contribution in [3.63, 3.8) is 0 Å². The highest BCUT2D eigenvalue weighted by Gasteiger charge is 2.35. The zero-order chi connectivity index (χ0) is 20.6. The number of piperazine rings is 1. The van der Waals surface area contributed by atoms with Crippen LogP contribution in [0.4, 0.5) is 4.79 Å². The maximum Gasteiger partial charge on any atom is 0.410 e. The van der Waals surface area contributed by atoms with Gasteiger partial charge < -0.3 is 19.5 Å². The van der Waals surface area contributed by atoms with Crippen molar-refractivity contribution in [3.8, 4) is 11.5 Å². The number of carbonyl (C=O) groups excluding carboxylic acids is 2. The Morgan fingerprint density at radius 3 is 2.46 bits per heavy atom. The number of fused-ring (bicyclic) bond motifs is 1. The summed E-state index contributed by atoms with van der Waals surface area (Å²) in [6, 6.07) is 2.97. The number of allylic oxidation sites excluding steroid dienone is 2. The van der Waals surface area contributed by atoms with Crippen LogP contribution in [0.5, 0.6) is 11.5 Å². The molecule has 1 amide bonds. The molecule has 1 N–H and O–H groups in total. The minimum atomic E-state index is -0.522. The molecule has 0 spiro atoms. The smallest absolute Gasteiger partial charge is 0.410 e. The molecule has 152 valence electrons. The standard InChI is InChI=1S/C21H28N2O5/c1-6-16-18(25)14-7-8-15(24)17(19(14)27-16)13(2)22-9-11-23(12-10-22)20(26)28-21(3,4)5/h6-8,13,24H,9-12H2,1-5H3/b16-6+/t13-/m1/s1. The molecule has 1 saturated heterocycles. The Kier molecular flexibility index (Phi) is 5.39. The molecule has 0 radical (unpaired) electrons. The number of phenolic OH excluding ortho intramolecular Hbond substituents is 1. The number of carbonyl (C=O) groups is 2. The van der Waals surface area contributed by atoms with E-state index in [1.54, 1.807) is 30.0 Å². The number of phenols is 1. The number of benzene rings is 1. The second-order valence-corrected chi connectivity index (χ2v) is 8.14. The molecule has 2 heterocycles. The third-order valence-corrected chi connectivity index (χ3v) is 5.05. The molecular formula is C21H28N2O5. The largest absolute Gasteiger partial charge is 0.507 e. The van der Waals surface area contributed by atoms with Gasteiger partial charge in [-0.1, -0.05) is 0 Å². The van der Waals surface area contributed by atoms with Gasteiger partial charge in [0.05, 0.1) is 11.1 Å². The van der Waals surface area contributed by atoms with Crippen molar-refractivity contribution in [1.29, 1.82) is 0 Å². The van der Waals surface area contributed by atoms with Crippen molar-refractivity contribution >= 4 is 11.9 Å². The fraction of sp³-hybridized carbons (Fsp3) is 0.524. The number of hydrogen-bond acceptors (Lipinski definition) is 6. The second-order valence-electron chi connectivity index (χ2n) is 8.14. The van der Waals surface area contributed by atoms with Gasteiger partial charge in [-0.2, -0.15) is 0 Å². The molecule has 1 fully saturated rings. The van der Waals surface area contributed by atoms with Crippen LogP contribution in [0, 0.1) is 0 Å². The van der Waals surface area contributed by atoms with E-state index in [4.69, 9.17) is 9.47 Å². The normalized spacial score (nSPS) is 20.1. The average Bonchev–Trinajstić information content (AvgIpc) is 2.95. The molecule has 28 heavy (non-hydrogen) atoms. The summed E-state index contributed by atoms with van der Waals surface area (Å²) in [5.74, 6) is 0.649. The first-order valence-electron chi connectivity index (χ1n) is 9.59. The number of nitrogens with zero attached hydrogens (tertiary/aromatic N) is 2. The van der Waals surface area contributed by atoms with E-state index in [9.17, 15) is 14.7 Å². The molecule has 7 heteroatoms. The van der Waals surface area contributed by atoms with Gasteiger partial charge in [0, 0.05) is 32.2 Å². The fourth-order valence-corrected chi connectivity index (χ4v) is 3.56. The van der Waals surface area contributed by atoms with Crippen LogP contribution >= 0.6 is 0 Å². The van der Waals surface area contributed by atoms with Gasteiger partial charge in [-0.15, -0.1) is 0 Å². The van der Waals surface area contributed by atoms with Crippen molar-refractivity contribution in [1.82, 2.24) is 9.80 Å². The molecule has 7 nitrogen and oxygen atoms in total. The summed E-state index contributed by atoms with van der Waals surface area (Å²) in [5.41, 5.74) is 0.556. The van der Waals surface area contributed by atoms with Crippen LogP contribution in [-0.2, 0) is 4.74 Å². The Morgan fingerprint density at radius 2 is 1.89 bits per heavy atom. The van der Waals surface area contributed by atoms with Crippen LogP contribution in [-0.4, -0.2) is 58.6 Å². The SMILES string of the molecule is C/C=C1/Oc2c(ccc(O)c2[C@@H](C)N2CCN(C(=O)OC(C)(C)C)CC2)C1=O. The molecule has 0 aliphatic carbocycles. The van der Waals surface area contributed by atoms with E-state index >= 15 is 0 Å². The number of ketones is 1. The van der Waals surface area contributed by atoms with Crippen molar-refractivity contribution in [2.45, 2.75) is 46.3 Å². The monoisotopic (exact) mass is 388 g/mol. The van der Waals surface area contributed by atoms with Gasteiger partial charge in [-0.3, -0.25) is 9.69 Å². The lowest BCUT2D eigenvalue weighted by Crippen LogP contribution is -2.50. The number of amides is 1. The first kappa shape index (κ1) is 20.2. The Hall–Kier alpha value is -2.54. The first-order valence-corrected chi connectivity index (χ1v) is 9.59. The summed E-state index contributed by atoms with van der Waals surface area (Å²) in [7, 11) is 0. The van der Waals surface area contributed by atoms with E-state index in [-0.39, 0.29) is 29.4 Å². The highest BCUT2D eigenvalue weighted by atomic mass is 16.6. The quantitative estimate of drug-likeness (QED) is 0.782. The summed E-state index contributed by atoms with van der Waals surface area (Å²) in [6.45, 7) is 11.6. The molecule has 1 atom stereocenters. The topological polar surface area (TPSA) is 79.3 Å². The van der Waals surface area contributed by atoms with Gasteiger partial charge in [-0.25, -0.2) is 4.79 Å². The Labute approximate surface area is 165 Å². The number of aromatic hydroxyl groups is 1. The fourth-order valence-electron chi connectivity index (χ4n) is 3.56. The summed E-state index contributed by atoms with van der Waals surface area (Å²) < 4.78 is 11.2. The van der Waals surface area contributed by atoms with Crippen molar-refractivity contribution in [2.24, 2.45) is 0 Å². The van der Waals surface area contributed by atoms with Crippen LogP contribution in [0.25, 0.3) is 0 Å². The molecular weight excluding hydrogens is 360 g/mol. The maximum absolute atomic E-state index is 12.4. The van der Waals surface area contributed by atoms with Crippen LogP contribution < -0.4 is 4.74 Å². The van der Waals surface area contributed by atoms with E-state index in [0.29, 0.717) is 43.1 Å². The second kappa shape index (κ2) is 7.47. The van der Waals surface area contributed by atoms with E-state index < -0.39 is 5.60 Å². The van der Waals surface area contributed by atoms with Crippen LogP contribution in [0.15, 0.2) is 24.0 Å². The summed E-state index contributed by atoms with van der Waals surface area (Å²) in [6.07, 6.45) is 1.32. The van der Waals surface area contributed by atoms with E-state index in [1.165, 1.54) is 0 Å². The number of Topliss-reactive ketones (excluding diaryl/α,β-unsaturated/α-hetero) is 1. The molecule has 0 unspecified atom stereocenters. The molecule has 0 saturated carbocycles. The zero-order valence-electron chi connectivity index (χ0n) is 17.1. The first-order chi connectivity index (χ1) is 13.1. The summed E-state index contributed by atoms with van der Waals surface area (Å²) in [4.78, 5) is 28.5. The van der Waals surface area contributed by atoms with Gasteiger partial charge in [0.1, 0.15) is 17.1 Å². The maximum atomic E-state index is 12.4. The van der Waals surface area contributed by atoms with Crippen molar-refractivity contribution in [2.75, 3.05) is 26.2 Å². The van der Waals surface area contributed by atoms with E-state index in [0.717, 1.165) is 0 Å². The molecule has 0 aromatic heterocycles. The van der Waals surface area contributed by atoms with Crippen molar-refractivity contribution in [3.05, 3.63) is 35.1 Å². The predicted octanol–water partition coefficient (Wildman–Crippen LogP) is 3.48. The van der Waals surface area contributed by atoms with E-state index in [2.05, 4.69) is 4.90 Å². The van der Waals surface area contributed by atoms with Crippen molar-refractivity contribution < 1.29 is 24.2 Å². The Bertz CT molecular complexity index is 817. The third-order valence-electron chi connectivity index (χ3n) is 5.05. The molecule has 2 aliphatic rings. The molecule has 2 aliphatic heterocycles. The van der Waals surface area contributed by atoms with Gasteiger partial charge in [0.2, 0.25) is 5.78 Å². The molecule has 1 aromatic carbocycles. The Morgan fingerprint density at radius 1 is 1.25 bits per heavy atom. The Balaban J connectivity index is 1.74. The lowest BCUT2D eigenvalue weighted by Gasteiger charge is -2.38. The highest BCUT2D eigenvalue weighted by Crippen LogP contribution is 2.43. The zero-order valence-corrected chi connectivity index (χ0v) is 17.1. The predicted molar refractivity (Wildman–Crippen MR) is 105 cm³/mol. The van der Waals surface area contributed by atoms with Gasteiger partial charge in [0.25, 0.3) is 0 Å². The van der Waals surface area contributed by atoms with Gasteiger partial charge in [0.15, 0.2) is 5.76 Å². The van der Waals surface area contributed by atoms with E-state index in [1.807, 2.05) is 27.7 Å². The van der Waals surface area contributed by atoms with Gasteiger partial charge in [-0.05, 0) is 52.8 Å². The number of ether oxygens (including phenoxy) is 2. The average molecular weight is 388 g/mol. The number of rotatable bonds is 2. The number of hydrogen-bond donors (Lipinski definition) is 1. The minimum Gasteiger partial charge on any atom is -0.507 e. The van der Waals surface area contributed by atoms with Crippen LogP contribution in [0.2, 0.25) is 0 Å². The molecule has 3 rings (SSSR count). The third kappa shape index (κ3) is 3.85. The lowest BCUT2D eigenvalue weighted by molar-refractivity contribution is 0.0108. The summed E-state index contributed by atoms with van der Waals surface area (Å²) in [5, 5.41) is 10.5. The summed E-state index contributed by atoms with van der Waals surface area (Å²) >= 11 is 0. The molecule has 0 bridgehead atoms.